The Morgan fingerprint density at radius 3 is 2.81 bits per heavy atom. The van der Waals surface area contributed by atoms with E-state index in [2.05, 4.69) is 39.3 Å². The number of hydrogen-bond acceptors (Lipinski definition) is 5. The Balaban J connectivity index is 1.45. The van der Waals surface area contributed by atoms with E-state index in [1.807, 2.05) is 18.2 Å². The van der Waals surface area contributed by atoms with Crippen molar-refractivity contribution in [3.05, 3.63) is 77.5 Å². The molecule has 32 heavy (non-hydrogen) atoms. The highest BCUT2D eigenvalue weighted by Gasteiger charge is 2.22. The first-order valence-electron chi connectivity index (χ1n) is 11.1. The lowest BCUT2D eigenvalue weighted by atomic mass is 10.0. The SMILES string of the molecule is C[C@H]1CN(Cc2ccc(F)c(-c3ccnc(NCCc4cccc(F)c4)n3)c2)[C@@H](C)CN1. The molecule has 0 aliphatic carbocycles. The maximum atomic E-state index is 14.7. The summed E-state index contributed by atoms with van der Waals surface area (Å²) in [5.41, 5.74) is 2.95. The summed E-state index contributed by atoms with van der Waals surface area (Å²) in [7, 11) is 0. The highest BCUT2D eigenvalue weighted by Crippen LogP contribution is 2.24. The van der Waals surface area contributed by atoms with Gasteiger partial charge in [-0.25, -0.2) is 18.7 Å². The third-order valence-corrected chi connectivity index (χ3v) is 5.83. The average Bonchev–Trinajstić information content (AvgIpc) is 2.78. The topological polar surface area (TPSA) is 53.1 Å². The summed E-state index contributed by atoms with van der Waals surface area (Å²) in [6, 6.07) is 14.3. The minimum Gasteiger partial charge on any atom is -0.354 e. The van der Waals surface area contributed by atoms with Crippen LogP contribution in [0.5, 0.6) is 0 Å². The smallest absolute Gasteiger partial charge is 0.223 e. The van der Waals surface area contributed by atoms with Crippen LogP contribution >= 0.6 is 0 Å². The van der Waals surface area contributed by atoms with Crippen LogP contribution in [0.1, 0.15) is 25.0 Å². The van der Waals surface area contributed by atoms with Gasteiger partial charge in [0.2, 0.25) is 5.95 Å². The average molecular weight is 438 g/mol. The van der Waals surface area contributed by atoms with E-state index in [1.165, 1.54) is 18.2 Å². The van der Waals surface area contributed by atoms with Gasteiger partial charge in [0.1, 0.15) is 11.6 Å². The van der Waals surface area contributed by atoms with Gasteiger partial charge in [-0.15, -0.1) is 0 Å². The fraction of sp³-hybridized carbons (Fsp3) is 0.360. The third-order valence-electron chi connectivity index (χ3n) is 5.83. The molecule has 4 rings (SSSR count). The standard InChI is InChI=1S/C25H29F2N5/c1-17-15-32(18(2)14-30-17)16-20-6-7-23(27)22(13-20)24-9-11-29-25(31-24)28-10-8-19-4-3-5-21(26)12-19/h3-7,9,11-13,17-18,30H,8,10,14-16H2,1-2H3,(H,28,29,31)/t17-,18-/m0/s1. The first-order chi connectivity index (χ1) is 15.5. The van der Waals surface area contributed by atoms with Gasteiger partial charge in [0.15, 0.2) is 0 Å². The summed E-state index contributed by atoms with van der Waals surface area (Å²) in [5.74, 6) is -0.131. The van der Waals surface area contributed by atoms with Crippen molar-refractivity contribution < 1.29 is 8.78 Å². The van der Waals surface area contributed by atoms with Crippen LogP contribution < -0.4 is 10.6 Å². The molecule has 7 heteroatoms. The fourth-order valence-electron chi connectivity index (χ4n) is 4.02. The Morgan fingerprint density at radius 1 is 1.09 bits per heavy atom. The Kier molecular flexibility index (Phi) is 7.07. The molecule has 0 radical (unpaired) electrons. The van der Waals surface area contributed by atoms with Gasteiger partial charge in [0.25, 0.3) is 0 Å². The number of anilines is 1. The largest absolute Gasteiger partial charge is 0.354 e. The predicted octanol–water partition coefficient (Wildman–Crippen LogP) is 4.26. The van der Waals surface area contributed by atoms with Gasteiger partial charge in [-0.1, -0.05) is 18.2 Å². The van der Waals surface area contributed by atoms with Crippen LogP contribution in [0.15, 0.2) is 54.7 Å². The predicted molar refractivity (Wildman–Crippen MR) is 123 cm³/mol. The maximum Gasteiger partial charge on any atom is 0.223 e. The lowest BCUT2D eigenvalue weighted by Gasteiger charge is -2.37. The molecular formula is C25H29F2N5. The molecule has 1 fully saturated rings. The van der Waals surface area contributed by atoms with Gasteiger partial charge in [-0.2, -0.15) is 0 Å². The molecule has 1 aliphatic rings. The van der Waals surface area contributed by atoms with Gasteiger partial charge < -0.3 is 10.6 Å². The number of rotatable bonds is 7. The zero-order valence-corrected chi connectivity index (χ0v) is 18.5. The highest BCUT2D eigenvalue weighted by atomic mass is 19.1. The zero-order chi connectivity index (χ0) is 22.5. The minimum atomic E-state index is -0.306. The molecule has 5 nitrogen and oxygen atoms in total. The number of benzene rings is 2. The van der Waals surface area contributed by atoms with E-state index in [-0.39, 0.29) is 11.6 Å². The number of aromatic nitrogens is 2. The van der Waals surface area contributed by atoms with Gasteiger partial charge >= 0.3 is 0 Å². The molecule has 1 aliphatic heterocycles. The van der Waals surface area contributed by atoms with Crippen LogP contribution in [0.3, 0.4) is 0 Å². The first kappa shape index (κ1) is 22.3. The molecular weight excluding hydrogens is 408 g/mol. The molecule has 168 valence electrons. The van der Waals surface area contributed by atoms with Crippen LogP contribution in [0, 0.1) is 11.6 Å². The van der Waals surface area contributed by atoms with Crippen molar-refractivity contribution in [3.63, 3.8) is 0 Å². The van der Waals surface area contributed by atoms with E-state index in [1.54, 1.807) is 18.3 Å². The summed E-state index contributed by atoms with van der Waals surface area (Å²) in [4.78, 5) is 11.2. The number of piperazine rings is 1. The van der Waals surface area contributed by atoms with E-state index in [9.17, 15) is 8.78 Å². The number of nitrogens with zero attached hydrogens (tertiary/aromatic N) is 3. The van der Waals surface area contributed by atoms with E-state index < -0.39 is 0 Å². The molecule has 0 unspecified atom stereocenters. The Morgan fingerprint density at radius 2 is 1.97 bits per heavy atom. The van der Waals surface area contributed by atoms with Crippen molar-refractivity contribution in [1.29, 1.82) is 0 Å². The number of hydrogen-bond donors (Lipinski definition) is 2. The quantitative estimate of drug-likeness (QED) is 0.579. The van der Waals surface area contributed by atoms with Crippen molar-refractivity contribution in [2.24, 2.45) is 0 Å². The molecule has 1 aromatic heterocycles. The minimum absolute atomic E-state index is 0.249. The molecule has 3 aromatic rings. The molecule has 2 N–H and O–H groups in total. The lowest BCUT2D eigenvalue weighted by molar-refractivity contribution is 0.139. The van der Waals surface area contributed by atoms with Crippen molar-refractivity contribution in [3.8, 4) is 11.3 Å². The van der Waals surface area contributed by atoms with E-state index in [4.69, 9.17) is 0 Å². The van der Waals surface area contributed by atoms with Crippen LogP contribution in [-0.2, 0) is 13.0 Å². The van der Waals surface area contributed by atoms with Crippen molar-refractivity contribution >= 4 is 5.95 Å². The second-order valence-corrected chi connectivity index (χ2v) is 8.47. The van der Waals surface area contributed by atoms with E-state index >= 15 is 0 Å². The molecule has 0 spiro atoms. The molecule has 0 amide bonds. The van der Waals surface area contributed by atoms with Gasteiger partial charge in [-0.05, 0) is 61.7 Å². The van der Waals surface area contributed by atoms with Crippen molar-refractivity contribution in [2.45, 2.75) is 38.9 Å². The normalized spacial score (nSPS) is 19.1. The summed E-state index contributed by atoms with van der Waals surface area (Å²) in [5, 5.41) is 6.64. The maximum absolute atomic E-state index is 14.7. The van der Waals surface area contributed by atoms with Crippen molar-refractivity contribution in [1.82, 2.24) is 20.2 Å². The highest BCUT2D eigenvalue weighted by molar-refractivity contribution is 5.61. The second kappa shape index (κ2) is 10.1. The molecule has 2 atom stereocenters. The summed E-state index contributed by atoms with van der Waals surface area (Å²) in [6.45, 7) is 7.61. The molecule has 1 saturated heterocycles. The van der Waals surface area contributed by atoms with Crippen LogP contribution in [0.2, 0.25) is 0 Å². The Labute approximate surface area is 187 Å². The second-order valence-electron chi connectivity index (χ2n) is 8.47. The first-order valence-corrected chi connectivity index (χ1v) is 11.1. The third kappa shape index (κ3) is 5.66. The Bertz CT molecular complexity index is 1060. The molecule has 0 saturated carbocycles. The molecule has 0 bridgehead atoms. The summed E-state index contributed by atoms with van der Waals surface area (Å²) < 4.78 is 28.0. The van der Waals surface area contributed by atoms with Gasteiger partial charge in [-0.3, -0.25) is 4.90 Å². The molecule has 2 heterocycles. The van der Waals surface area contributed by atoms with Crippen LogP contribution in [0.4, 0.5) is 14.7 Å². The zero-order valence-electron chi connectivity index (χ0n) is 18.5. The molecule has 2 aromatic carbocycles. The van der Waals surface area contributed by atoms with E-state index in [0.717, 1.165) is 30.8 Å². The van der Waals surface area contributed by atoms with Crippen LogP contribution in [-0.4, -0.2) is 46.6 Å². The Hall–Kier alpha value is -2.90. The van der Waals surface area contributed by atoms with Gasteiger partial charge in [0, 0.05) is 50.0 Å². The summed E-state index contributed by atoms with van der Waals surface area (Å²) in [6.07, 6.45) is 2.26. The fourth-order valence-corrected chi connectivity index (χ4v) is 4.02. The number of nitrogens with one attached hydrogen (secondary N) is 2. The van der Waals surface area contributed by atoms with Gasteiger partial charge in [0.05, 0.1) is 5.69 Å². The monoisotopic (exact) mass is 437 g/mol. The number of halogens is 2. The van der Waals surface area contributed by atoms with Crippen molar-refractivity contribution in [2.75, 3.05) is 25.0 Å². The summed E-state index contributed by atoms with van der Waals surface area (Å²) >= 11 is 0. The lowest BCUT2D eigenvalue weighted by Crippen LogP contribution is -2.53. The van der Waals surface area contributed by atoms with Crippen LogP contribution in [0.25, 0.3) is 11.3 Å². The van der Waals surface area contributed by atoms with E-state index in [0.29, 0.717) is 42.3 Å².